The van der Waals surface area contributed by atoms with Crippen LogP contribution in [0.2, 0.25) is 0 Å². The SMILES string of the molecule is CC#CCCC1C(C)C1C(N)=O. The van der Waals surface area contributed by atoms with Gasteiger partial charge >= 0.3 is 0 Å². The van der Waals surface area contributed by atoms with E-state index in [0.29, 0.717) is 11.8 Å². The summed E-state index contributed by atoms with van der Waals surface area (Å²) in [5, 5.41) is 0. The predicted molar refractivity (Wildman–Crippen MR) is 48.0 cm³/mol. The quantitative estimate of drug-likeness (QED) is 0.626. The van der Waals surface area contributed by atoms with Crippen LogP contribution in [0.25, 0.3) is 0 Å². The third kappa shape index (κ3) is 1.79. The van der Waals surface area contributed by atoms with Gasteiger partial charge in [0.2, 0.25) is 5.91 Å². The van der Waals surface area contributed by atoms with E-state index in [-0.39, 0.29) is 11.8 Å². The molecule has 2 N–H and O–H groups in total. The van der Waals surface area contributed by atoms with Gasteiger partial charge in [-0.05, 0) is 25.2 Å². The van der Waals surface area contributed by atoms with Gasteiger partial charge in [0.1, 0.15) is 0 Å². The molecule has 3 unspecified atom stereocenters. The molecule has 0 aromatic carbocycles. The van der Waals surface area contributed by atoms with Gasteiger partial charge in [0.05, 0.1) is 0 Å². The molecule has 0 aromatic heterocycles. The Morgan fingerprint density at radius 3 is 2.67 bits per heavy atom. The van der Waals surface area contributed by atoms with Gasteiger partial charge in [0.25, 0.3) is 0 Å². The van der Waals surface area contributed by atoms with Crippen LogP contribution in [0, 0.1) is 29.6 Å². The normalized spacial score (nSPS) is 32.0. The summed E-state index contributed by atoms with van der Waals surface area (Å²) in [6.45, 7) is 3.92. The van der Waals surface area contributed by atoms with Crippen molar-refractivity contribution < 1.29 is 4.79 Å². The Morgan fingerprint density at radius 1 is 1.58 bits per heavy atom. The number of primary amides is 1. The smallest absolute Gasteiger partial charge is 0.221 e. The van der Waals surface area contributed by atoms with Crippen LogP contribution in [0.15, 0.2) is 0 Å². The van der Waals surface area contributed by atoms with Gasteiger partial charge in [-0.1, -0.05) is 6.92 Å². The minimum absolute atomic E-state index is 0.128. The van der Waals surface area contributed by atoms with Gasteiger partial charge < -0.3 is 5.73 Å². The molecule has 1 aliphatic carbocycles. The van der Waals surface area contributed by atoms with Crippen molar-refractivity contribution in [1.82, 2.24) is 0 Å². The summed E-state index contributed by atoms with van der Waals surface area (Å²) in [7, 11) is 0. The molecule has 1 aliphatic rings. The Hall–Kier alpha value is -0.970. The summed E-state index contributed by atoms with van der Waals surface area (Å²) < 4.78 is 0. The van der Waals surface area contributed by atoms with Gasteiger partial charge in [-0.15, -0.1) is 11.8 Å². The molecule has 3 atom stereocenters. The van der Waals surface area contributed by atoms with Crippen molar-refractivity contribution in [2.75, 3.05) is 0 Å². The molecule has 0 saturated heterocycles. The molecule has 2 heteroatoms. The van der Waals surface area contributed by atoms with Gasteiger partial charge in [-0.25, -0.2) is 0 Å². The average molecular weight is 165 g/mol. The van der Waals surface area contributed by atoms with Crippen LogP contribution < -0.4 is 5.73 Å². The Bertz CT molecular complexity index is 236. The highest BCUT2D eigenvalue weighted by Gasteiger charge is 2.49. The van der Waals surface area contributed by atoms with Crippen molar-refractivity contribution in [3.8, 4) is 11.8 Å². The number of hydrogen-bond donors (Lipinski definition) is 1. The van der Waals surface area contributed by atoms with Crippen LogP contribution in [0.1, 0.15) is 26.7 Å². The molecule has 0 bridgehead atoms. The Kier molecular flexibility index (Phi) is 2.75. The maximum absolute atomic E-state index is 10.8. The second kappa shape index (κ2) is 3.62. The first kappa shape index (κ1) is 9.12. The Balaban J connectivity index is 2.27. The minimum Gasteiger partial charge on any atom is -0.369 e. The molecule has 1 fully saturated rings. The Labute approximate surface area is 73.5 Å². The molecule has 1 rings (SSSR count). The molecule has 0 heterocycles. The van der Waals surface area contributed by atoms with Crippen LogP contribution in [0.4, 0.5) is 0 Å². The molecule has 0 aromatic rings. The fourth-order valence-corrected chi connectivity index (χ4v) is 1.82. The second-order valence-corrected chi connectivity index (χ2v) is 3.42. The van der Waals surface area contributed by atoms with Gasteiger partial charge in [0, 0.05) is 12.3 Å². The van der Waals surface area contributed by atoms with Crippen LogP contribution in [-0.2, 0) is 4.79 Å². The van der Waals surface area contributed by atoms with Crippen molar-refractivity contribution in [3.63, 3.8) is 0 Å². The van der Waals surface area contributed by atoms with Crippen molar-refractivity contribution in [1.29, 1.82) is 0 Å². The summed E-state index contributed by atoms with van der Waals surface area (Å²) in [4.78, 5) is 10.8. The molecule has 1 saturated carbocycles. The van der Waals surface area contributed by atoms with E-state index < -0.39 is 0 Å². The van der Waals surface area contributed by atoms with Crippen molar-refractivity contribution in [2.45, 2.75) is 26.7 Å². The largest absolute Gasteiger partial charge is 0.369 e. The molecule has 12 heavy (non-hydrogen) atoms. The number of carbonyl (C=O) groups excluding carboxylic acids is 1. The van der Waals surface area contributed by atoms with E-state index >= 15 is 0 Å². The van der Waals surface area contributed by atoms with E-state index in [9.17, 15) is 4.79 Å². The zero-order valence-electron chi connectivity index (χ0n) is 7.63. The van der Waals surface area contributed by atoms with E-state index in [1.54, 1.807) is 0 Å². The highest BCUT2D eigenvalue weighted by molar-refractivity contribution is 5.80. The number of carbonyl (C=O) groups is 1. The molecule has 2 nitrogen and oxygen atoms in total. The summed E-state index contributed by atoms with van der Waals surface area (Å²) in [5.74, 6) is 6.82. The van der Waals surface area contributed by atoms with E-state index in [1.165, 1.54) is 0 Å². The topological polar surface area (TPSA) is 43.1 Å². The predicted octanol–water partition coefficient (Wildman–Crippen LogP) is 1.16. The van der Waals surface area contributed by atoms with Gasteiger partial charge in [0.15, 0.2) is 0 Å². The number of nitrogens with two attached hydrogens (primary N) is 1. The average Bonchev–Trinajstić information content (AvgIpc) is 2.62. The van der Waals surface area contributed by atoms with Crippen molar-refractivity contribution in [3.05, 3.63) is 0 Å². The zero-order chi connectivity index (χ0) is 9.14. The lowest BCUT2D eigenvalue weighted by Crippen LogP contribution is -2.14. The number of amides is 1. The highest BCUT2D eigenvalue weighted by Crippen LogP contribution is 2.48. The number of hydrogen-bond acceptors (Lipinski definition) is 1. The first-order chi connectivity index (χ1) is 5.68. The zero-order valence-corrected chi connectivity index (χ0v) is 7.63. The first-order valence-electron chi connectivity index (χ1n) is 4.37. The van der Waals surface area contributed by atoms with Gasteiger partial charge in [-0.3, -0.25) is 4.79 Å². The third-order valence-electron chi connectivity index (χ3n) is 2.67. The fraction of sp³-hybridized carbons (Fsp3) is 0.700. The van der Waals surface area contributed by atoms with E-state index in [2.05, 4.69) is 18.8 Å². The van der Waals surface area contributed by atoms with Gasteiger partial charge in [-0.2, -0.15) is 0 Å². The molecule has 0 radical (unpaired) electrons. The summed E-state index contributed by atoms with van der Waals surface area (Å²) in [6, 6.07) is 0. The van der Waals surface area contributed by atoms with Crippen LogP contribution in [0.5, 0.6) is 0 Å². The monoisotopic (exact) mass is 165 g/mol. The van der Waals surface area contributed by atoms with Crippen LogP contribution in [-0.4, -0.2) is 5.91 Å². The molecule has 1 amide bonds. The number of rotatable bonds is 3. The molecular weight excluding hydrogens is 150 g/mol. The maximum atomic E-state index is 10.8. The van der Waals surface area contributed by atoms with E-state index in [1.807, 2.05) is 6.92 Å². The highest BCUT2D eigenvalue weighted by atomic mass is 16.1. The standard InChI is InChI=1S/C10H15NO/c1-3-4-5-6-8-7(2)9(8)10(11)12/h7-9H,5-6H2,1-2H3,(H2,11,12). The second-order valence-electron chi connectivity index (χ2n) is 3.42. The molecule has 66 valence electrons. The Morgan fingerprint density at radius 2 is 2.25 bits per heavy atom. The van der Waals surface area contributed by atoms with E-state index in [0.717, 1.165) is 12.8 Å². The first-order valence-corrected chi connectivity index (χ1v) is 4.37. The van der Waals surface area contributed by atoms with Crippen molar-refractivity contribution >= 4 is 5.91 Å². The lowest BCUT2D eigenvalue weighted by Gasteiger charge is -1.90. The molecular formula is C10H15NO. The van der Waals surface area contributed by atoms with Crippen molar-refractivity contribution in [2.24, 2.45) is 23.5 Å². The summed E-state index contributed by atoms with van der Waals surface area (Å²) >= 11 is 0. The summed E-state index contributed by atoms with van der Waals surface area (Å²) in [5.41, 5.74) is 5.21. The maximum Gasteiger partial charge on any atom is 0.221 e. The third-order valence-corrected chi connectivity index (χ3v) is 2.67. The summed E-state index contributed by atoms with van der Waals surface area (Å²) in [6.07, 6.45) is 1.92. The molecule has 0 aliphatic heterocycles. The lowest BCUT2D eigenvalue weighted by molar-refractivity contribution is -0.119. The van der Waals surface area contributed by atoms with Crippen LogP contribution >= 0.6 is 0 Å². The lowest BCUT2D eigenvalue weighted by atomic mass is 10.2. The minimum atomic E-state index is -0.142. The van der Waals surface area contributed by atoms with Crippen LogP contribution in [0.3, 0.4) is 0 Å². The fourth-order valence-electron chi connectivity index (χ4n) is 1.82. The van der Waals surface area contributed by atoms with E-state index in [4.69, 9.17) is 5.73 Å². The molecule has 0 spiro atoms.